The first-order valence-corrected chi connectivity index (χ1v) is 4.09. The Bertz CT molecular complexity index is 238. The Morgan fingerprint density at radius 1 is 1.50 bits per heavy atom. The van der Waals surface area contributed by atoms with Gasteiger partial charge in [-0.1, -0.05) is 6.92 Å². The molecule has 1 aromatic rings. The molecule has 0 saturated heterocycles. The third-order valence-electron chi connectivity index (χ3n) is 1.53. The average molecular weight is 166 g/mol. The minimum Gasteiger partial charge on any atom is -0.495 e. The molecule has 0 aliphatic rings. The Kier molecular flexibility index (Phi) is 3.38. The van der Waals surface area contributed by atoms with Crippen molar-refractivity contribution in [1.82, 2.24) is 4.98 Å². The zero-order valence-electron chi connectivity index (χ0n) is 7.50. The molecule has 0 aromatic carbocycles. The van der Waals surface area contributed by atoms with E-state index in [1.807, 2.05) is 6.07 Å². The van der Waals surface area contributed by atoms with Crippen LogP contribution in [0.25, 0.3) is 0 Å². The van der Waals surface area contributed by atoms with E-state index in [-0.39, 0.29) is 0 Å². The fraction of sp³-hybridized carbons (Fsp3) is 0.444. The van der Waals surface area contributed by atoms with Crippen LogP contribution in [0.1, 0.15) is 13.3 Å². The number of hydrogen-bond acceptors (Lipinski definition) is 3. The second kappa shape index (κ2) is 4.59. The largest absolute Gasteiger partial charge is 0.495 e. The van der Waals surface area contributed by atoms with E-state index in [1.165, 1.54) is 0 Å². The van der Waals surface area contributed by atoms with Crippen molar-refractivity contribution in [3.05, 3.63) is 18.5 Å². The number of aromatic nitrogens is 1. The van der Waals surface area contributed by atoms with Gasteiger partial charge in [-0.15, -0.1) is 0 Å². The number of nitrogens with one attached hydrogen (secondary N) is 1. The van der Waals surface area contributed by atoms with Gasteiger partial charge in [-0.3, -0.25) is 4.98 Å². The van der Waals surface area contributed by atoms with Crippen molar-refractivity contribution < 1.29 is 4.74 Å². The van der Waals surface area contributed by atoms with Crippen molar-refractivity contribution in [3.8, 4) is 5.75 Å². The minimum atomic E-state index is 0.788. The summed E-state index contributed by atoms with van der Waals surface area (Å²) in [5, 5.41) is 3.23. The average Bonchev–Trinajstić information content (AvgIpc) is 2.15. The Morgan fingerprint density at radius 3 is 3.00 bits per heavy atom. The van der Waals surface area contributed by atoms with Crippen molar-refractivity contribution in [2.24, 2.45) is 0 Å². The molecule has 0 aliphatic heterocycles. The van der Waals surface area contributed by atoms with Crippen LogP contribution in [0.2, 0.25) is 0 Å². The quantitative estimate of drug-likeness (QED) is 0.742. The molecular formula is C9H14N2O. The Balaban J connectivity index is 2.60. The van der Waals surface area contributed by atoms with Gasteiger partial charge in [0.15, 0.2) is 0 Å². The highest BCUT2D eigenvalue weighted by atomic mass is 16.5. The lowest BCUT2D eigenvalue weighted by Gasteiger charge is -2.05. The Morgan fingerprint density at radius 2 is 2.33 bits per heavy atom. The number of pyridine rings is 1. The number of ether oxygens (including phenoxy) is 1. The summed E-state index contributed by atoms with van der Waals surface area (Å²) in [6.45, 7) is 3.09. The van der Waals surface area contributed by atoms with E-state index in [0.29, 0.717) is 0 Å². The second-order valence-electron chi connectivity index (χ2n) is 2.54. The van der Waals surface area contributed by atoms with Crippen LogP contribution >= 0.6 is 0 Å². The molecule has 3 heteroatoms. The number of hydrogen-bond donors (Lipinski definition) is 1. The highest BCUT2D eigenvalue weighted by Crippen LogP contribution is 2.13. The molecule has 66 valence electrons. The zero-order chi connectivity index (χ0) is 8.81. The maximum atomic E-state index is 5.03. The molecule has 0 aliphatic carbocycles. The van der Waals surface area contributed by atoms with E-state index in [4.69, 9.17) is 4.74 Å². The van der Waals surface area contributed by atoms with E-state index >= 15 is 0 Å². The summed E-state index contributed by atoms with van der Waals surface area (Å²) < 4.78 is 5.03. The highest BCUT2D eigenvalue weighted by molar-refractivity contribution is 5.44. The summed E-state index contributed by atoms with van der Waals surface area (Å²) >= 11 is 0. The predicted molar refractivity (Wildman–Crippen MR) is 49.6 cm³/mol. The van der Waals surface area contributed by atoms with Crippen LogP contribution in [0, 0.1) is 0 Å². The highest BCUT2D eigenvalue weighted by Gasteiger charge is 1.93. The summed E-state index contributed by atoms with van der Waals surface area (Å²) in [4.78, 5) is 4.02. The van der Waals surface area contributed by atoms with Gasteiger partial charge in [0.25, 0.3) is 0 Å². The van der Waals surface area contributed by atoms with Crippen molar-refractivity contribution >= 4 is 5.69 Å². The van der Waals surface area contributed by atoms with Crippen LogP contribution in [-0.2, 0) is 0 Å². The maximum absolute atomic E-state index is 5.03. The molecule has 0 fully saturated rings. The first-order valence-electron chi connectivity index (χ1n) is 4.09. The Labute approximate surface area is 72.8 Å². The van der Waals surface area contributed by atoms with E-state index in [0.717, 1.165) is 24.4 Å². The standard InChI is InChI=1S/C9H14N2O/c1-3-4-11-8-5-9(12-2)7-10-6-8/h5-7,11H,3-4H2,1-2H3. The van der Waals surface area contributed by atoms with Crippen molar-refractivity contribution in [2.75, 3.05) is 19.0 Å². The van der Waals surface area contributed by atoms with E-state index < -0.39 is 0 Å². The lowest BCUT2D eigenvalue weighted by molar-refractivity contribution is 0.413. The van der Waals surface area contributed by atoms with Crippen LogP contribution in [0.15, 0.2) is 18.5 Å². The Hall–Kier alpha value is -1.25. The molecule has 1 rings (SSSR count). The minimum absolute atomic E-state index is 0.788. The van der Waals surface area contributed by atoms with Crippen LogP contribution in [0.3, 0.4) is 0 Å². The summed E-state index contributed by atoms with van der Waals surface area (Å²) in [7, 11) is 1.64. The smallest absolute Gasteiger partial charge is 0.139 e. The molecule has 0 bridgehead atoms. The van der Waals surface area contributed by atoms with E-state index in [1.54, 1.807) is 19.5 Å². The second-order valence-corrected chi connectivity index (χ2v) is 2.54. The number of anilines is 1. The van der Waals surface area contributed by atoms with Gasteiger partial charge in [0, 0.05) is 12.6 Å². The first kappa shape index (κ1) is 8.84. The molecule has 0 radical (unpaired) electrons. The van der Waals surface area contributed by atoms with Gasteiger partial charge in [0.2, 0.25) is 0 Å². The molecule has 1 aromatic heterocycles. The van der Waals surface area contributed by atoms with Gasteiger partial charge in [-0.25, -0.2) is 0 Å². The molecule has 0 atom stereocenters. The summed E-state index contributed by atoms with van der Waals surface area (Å²) in [6.07, 6.45) is 4.59. The molecule has 3 nitrogen and oxygen atoms in total. The summed E-state index contributed by atoms with van der Waals surface area (Å²) in [6, 6.07) is 1.93. The monoisotopic (exact) mass is 166 g/mol. The lowest BCUT2D eigenvalue weighted by Crippen LogP contribution is -2.00. The number of nitrogens with zero attached hydrogens (tertiary/aromatic N) is 1. The molecule has 0 unspecified atom stereocenters. The van der Waals surface area contributed by atoms with E-state index in [9.17, 15) is 0 Å². The van der Waals surface area contributed by atoms with Crippen LogP contribution in [0.5, 0.6) is 5.75 Å². The third kappa shape index (κ3) is 2.42. The molecular weight excluding hydrogens is 152 g/mol. The van der Waals surface area contributed by atoms with E-state index in [2.05, 4.69) is 17.2 Å². The third-order valence-corrected chi connectivity index (χ3v) is 1.53. The van der Waals surface area contributed by atoms with Gasteiger partial charge in [0.1, 0.15) is 5.75 Å². The first-order chi connectivity index (χ1) is 5.86. The van der Waals surface area contributed by atoms with Crippen molar-refractivity contribution in [2.45, 2.75) is 13.3 Å². The number of rotatable bonds is 4. The van der Waals surface area contributed by atoms with Crippen LogP contribution < -0.4 is 10.1 Å². The molecule has 0 saturated carbocycles. The molecule has 12 heavy (non-hydrogen) atoms. The molecule has 1 N–H and O–H groups in total. The fourth-order valence-electron chi connectivity index (χ4n) is 0.896. The summed E-state index contributed by atoms with van der Waals surface area (Å²) in [5.41, 5.74) is 1.01. The summed E-state index contributed by atoms with van der Waals surface area (Å²) in [5.74, 6) is 0.788. The van der Waals surface area contributed by atoms with Gasteiger partial charge in [-0.2, -0.15) is 0 Å². The molecule has 0 spiro atoms. The van der Waals surface area contributed by atoms with Crippen LogP contribution in [-0.4, -0.2) is 18.6 Å². The van der Waals surface area contributed by atoms with Gasteiger partial charge >= 0.3 is 0 Å². The van der Waals surface area contributed by atoms with Gasteiger partial charge in [0.05, 0.1) is 25.2 Å². The normalized spacial score (nSPS) is 9.50. The fourth-order valence-corrected chi connectivity index (χ4v) is 0.896. The van der Waals surface area contributed by atoms with Crippen LogP contribution in [0.4, 0.5) is 5.69 Å². The SMILES string of the molecule is CCCNc1cncc(OC)c1. The van der Waals surface area contributed by atoms with Crippen molar-refractivity contribution in [3.63, 3.8) is 0 Å². The predicted octanol–water partition coefficient (Wildman–Crippen LogP) is 1.91. The lowest BCUT2D eigenvalue weighted by atomic mass is 10.4. The number of methoxy groups -OCH3 is 1. The topological polar surface area (TPSA) is 34.2 Å². The molecule has 0 amide bonds. The van der Waals surface area contributed by atoms with Crippen molar-refractivity contribution in [1.29, 1.82) is 0 Å². The molecule has 1 heterocycles. The van der Waals surface area contributed by atoms with Gasteiger partial charge in [-0.05, 0) is 6.42 Å². The van der Waals surface area contributed by atoms with Gasteiger partial charge < -0.3 is 10.1 Å². The zero-order valence-corrected chi connectivity index (χ0v) is 7.50. The maximum Gasteiger partial charge on any atom is 0.139 e.